The summed E-state index contributed by atoms with van der Waals surface area (Å²) >= 11 is 0. The molecule has 0 bridgehead atoms. The molecule has 0 radical (unpaired) electrons. The second kappa shape index (κ2) is 10.7. The molecule has 0 unspecified atom stereocenters. The molecule has 9 nitrogen and oxygen atoms in total. The van der Waals surface area contributed by atoms with Crippen molar-refractivity contribution in [3.8, 4) is 0 Å². The first-order valence-electron chi connectivity index (χ1n) is 10.2. The SMILES string of the molecule is O=C(O)C(F)(F)F.O=C(O)C(F)(F)F.O=S(=O)(C1CC1)N1CC2(CCN(Cc3ccncc3)C2)C1. The molecular weight excluding hydrogens is 512 g/mol. The van der Waals surface area contributed by atoms with E-state index in [9.17, 15) is 34.8 Å². The normalized spacial score (nSPS) is 20.2. The van der Waals surface area contributed by atoms with Crippen LogP contribution in [-0.4, -0.2) is 88.5 Å². The van der Waals surface area contributed by atoms with Gasteiger partial charge in [0.15, 0.2) is 0 Å². The predicted molar refractivity (Wildman–Crippen MR) is 107 cm³/mol. The summed E-state index contributed by atoms with van der Waals surface area (Å²) < 4.78 is 89.6. The van der Waals surface area contributed by atoms with Gasteiger partial charge in [-0.3, -0.25) is 9.88 Å². The van der Waals surface area contributed by atoms with Crippen LogP contribution in [0.3, 0.4) is 0 Å². The fourth-order valence-electron chi connectivity index (χ4n) is 3.63. The number of alkyl halides is 6. The summed E-state index contributed by atoms with van der Waals surface area (Å²) in [6.45, 7) is 4.50. The van der Waals surface area contributed by atoms with Crippen LogP contribution in [-0.2, 0) is 26.2 Å². The van der Waals surface area contributed by atoms with E-state index in [0.29, 0.717) is 0 Å². The van der Waals surface area contributed by atoms with Crippen molar-refractivity contribution in [2.75, 3.05) is 26.2 Å². The molecule has 1 aromatic heterocycles. The summed E-state index contributed by atoms with van der Waals surface area (Å²) in [5, 5.41) is 14.2. The number of pyridine rings is 1. The van der Waals surface area contributed by atoms with E-state index in [1.54, 1.807) is 4.31 Å². The molecule has 2 N–H and O–H groups in total. The van der Waals surface area contributed by atoms with E-state index in [2.05, 4.69) is 22.0 Å². The molecule has 198 valence electrons. The fourth-order valence-corrected chi connectivity index (χ4v) is 5.69. The lowest BCUT2D eigenvalue weighted by Gasteiger charge is -2.47. The Kier molecular flexibility index (Phi) is 8.76. The molecule has 3 fully saturated rings. The van der Waals surface area contributed by atoms with Crippen molar-refractivity contribution in [2.24, 2.45) is 5.41 Å². The number of nitrogens with zero attached hydrogens (tertiary/aromatic N) is 3. The van der Waals surface area contributed by atoms with E-state index < -0.39 is 34.3 Å². The maximum absolute atomic E-state index is 12.2. The lowest BCUT2D eigenvalue weighted by Crippen LogP contribution is -2.60. The zero-order valence-electron chi connectivity index (χ0n) is 18.1. The van der Waals surface area contributed by atoms with E-state index in [0.717, 1.165) is 52.0 Å². The molecule has 0 amide bonds. The molecule has 4 rings (SSSR count). The first-order chi connectivity index (χ1) is 16.0. The molecule has 0 aromatic carbocycles. The largest absolute Gasteiger partial charge is 0.490 e. The molecule has 1 aromatic rings. The number of likely N-dealkylation sites (tertiary alicyclic amines) is 1. The minimum absolute atomic E-state index is 0.0656. The first-order valence-corrected chi connectivity index (χ1v) is 11.7. The van der Waals surface area contributed by atoms with Gasteiger partial charge in [-0.1, -0.05) is 0 Å². The third kappa shape index (κ3) is 8.31. The smallest absolute Gasteiger partial charge is 0.475 e. The van der Waals surface area contributed by atoms with Crippen LogP contribution < -0.4 is 0 Å². The molecule has 16 heteroatoms. The summed E-state index contributed by atoms with van der Waals surface area (Å²) in [6, 6.07) is 4.10. The molecule has 35 heavy (non-hydrogen) atoms. The highest BCUT2D eigenvalue weighted by Gasteiger charge is 2.54. The van der Waals surface area contributed by atoms with Crippen LogP contribution in [0.1, 0.15) is 24.8 Å². The monoisotopic (exact) mass is 535 g/mol. The van der Waals surface area contributed by atoms with Crippen molar-refractivity contribution in [3.63, 3.8) is 0 Å². The quantitative estimate of drug-likeness (QED) is 0.563. The Bertz CT molecular complexity index is 969. The zero-order valence-corrected chi connectivity index (χ0v) is 18.9. The molecule has 1 spiro atoms. The van der Waals surface area contributed by atoms with Crippen LogP contribution >= 0.6 is 0 Å². The maximum Gasteiger partial charge on any atom is 0.490 e. The predicted octanol–water partition coefficient (Wildman–Crippen LogP) is 2.35. The maximum atomic E-state index is 12.2. The molecule has 3 aliphatic rings. The van der Waals surface area contributed by atoms with Crippen LogP contribution in [0.15, 0.2) is 24.5 Å². The highest BCUT2D eigenvalue weighted by atomic mass is 32.2. The van der Waals surface area contributed by atoms with Crippen LogP contribution in [0.2, 0.25) is 0 Å². The number of hydrogen-bond acceptors (Lipinski definition) is 6. The van der Waals surface area contributed by atoms with Crippen LogP contribution in [0, 0.1) is 5.41 Å². The molecule has 2 aliphatic heterocycles. The lowest BCUT2D eigenvalue weighted by molar-refractivity contribution is -0.193. The van der Waals surface area contributed by atoms with Crippen LogP contribution in [0.25, 0.3) is 0 Å². The lowest BCUT2D eigenvalue weighted by atomic mass is 9.81. The van der Waals surface area contributed by atoms with Crippen LogP contribution in [0.4, 0.5) is 26.3 Å². The van der Waals surface area contributed by atoms with Gasteiger partial charge in [-0.15, -0.1) is 0 Å². The number of aromatic nitrogens is 1. The molecule has 1 aliphatic carbocycles. The third-order valence-corrected chi connectivity index (χ3v) is 7.78. The zero-order chi connectivity index (χ0) is 26.7. The Hall–Kier alpha value is -2.46. The van der Waals surface area contributed by atoms with Gasteiger partial charge in [0.25, 0.3) is 0 Å². The standard InChI is InChI=1S/C15H21N3O2S.2C2HF3O2/c19-21(20,14-1-2-14)18-11-15(12-18)5-8-17(10-15)9-13-3-6-16-7-4-13;2*3-2(4,5)1(6)7/h3-4,6-7,14H,1-2,5,8-12H2;2*(H,6,7). The summed E-state index contributed by atoms with van der Waals surface area (Å²) in [7, 11) is -2.96. The molecular formula is C19H23F6N3O6S. The van der Waals surface area contributed by atoms with Crippen molar-refractivity contribution >= 4 is 22.0 Å². The second-order valence-corrected chi connectivity index (χ2v) is 10.6. The minimum atomic E-state index is -5.08. The number of halogens is 6. The van der Waals surface area contributed by atoms with Crippen molar-refractivity contribution in [2.45, 2.75) is 43.4 Å². The van der Waals surface area contributed by atoms with Gasteiger partial charge in [0.1, 0.15) is 0 Å². The molecule has 3 heterocycles. The Morgan fingerprint density at radius 3 is 1.83 bits per heavy atom. The topological polar surface area (TPSA) is 128 Å². The Morgan fingerprint density at radius 2 is 1.43 bits per heavy atom. The Morgan fingerprint density at radius 1 is 0.971 bits per heavy atom. The number of sulfonamides is 1. The van der Waals surface area contributed by atoms with Gasteiger partial charge in [0.05, 0.1) is 5.25 Å². The number of aliphatic carboxylic acids is 2. The first kappa shape index (κ1) is 28.8. The fraction of sp³-hybridized carbons (Fsp3) is 0.632. The summed E-state index contributed by atoms with van der Waals surface area (Å²) in [5.41, 5.74) is 1.50. The van der Waals surface area contributed by atoms with Gasteiger partial charge in [0, 0.05) is 44.0 Å². The number of carboxylic acid groups (broad SMARTS) is 2. The highest BCUT2D eigenvalue weighted by molar-refractivity contribution is 7.90. The van der Waals surface area contributed by atoms with Crippen molar-refractivity contribution in [1.29, 1.82) is 0 Å². The summed E-state index contributed by atoms with van der Waals surface area (Å²) in [4.78, 5) is 24.3. The van der Waals surface area contributed by atoms with Gasteiger partial charge in [-0.05, 0) is 43.5 Å². The summed E-state index contributed by atoms with van der Waals surface area (Å²) in [5.74, 6) is -5.51. The van der Waals surface area contributed by atoms with E-state index in [4.69, 9.17) is 19.8 Å². The number of carbonyl (C=O) groups is 2. The van der Waals surface area contributed by atoms with E-state index in [-0.39, 0.29) is 10.7 Å². The number of carboxylic acids is 2. The van der Waals surface area contributed by atoms with Gasteiger partial charge in [-0.25, -0.2) is 22.3 Å². The van der Waals surface area contributed by atoms with Crippen molar-refractivity contribution in [1.82, 2.24) is 14.2 Å². The highest BCUT2D eigenvalue weighted by Crippen LogP contribution is 2.44. The van der Waals surface area contributed by atoms with Crippen LogP contribution in [0.5, 0.6) is 0 Å². The summed E-state index contributed by atoms with van der Waals surface area (Å²) in [6.07, 6.45) is -3.67. The van der Waals surface area contributed by atoms with Crippen molar-refractivity contribution in [3.05, 3.63) is 30.1 Å². The third-order valence-electron chi connectivity index (χ3n) is 5.49. The van der Waals surface area contributed by atoms with Gasteiger partial charge < -0.3 is 10.2 Å². The van der Waals surface area contributed by atoms with Gasteiger partial charge >= 0.3 is 24.3 Å². The van der Waals surface area contributed by atoms with Gasteiger partial charge in [-0.2, -0.15) is 26.3 Å². The second-order valence-electron chi connectivity index (χ2n) is 8.43. The Balaban J connectivity index is 0.000000257. The van der Waals surface area contributed by atoms with E-state index >= 15 is 0 Å². The Labute approximate surface area is 196 Å². The minimum Gasteiger partial charge on any atom is -0.475 e. The average molecular weight is 535 g/mol. The van der Waals surface area contributed by atoms with Crippen molar-refractivity contribution < 1.29 is 54.6 Å². The average Bonchev–Trinajstić information content (AvgIpc) is 3.48. The number of hydrogen-bond donors (Lipinski definition) is 2. The molecule has 1 saturated carbocycles. The molecule has 2 saturated heterocycles. The van der Waals surface area contributed by atoms with E-state index in [1.165, 1.54) is 5.56 Å². The van der Waals surface area contributed by atoms with Gasteiger partial charge in [0.2, 0.25) is 10.0 Å². The number of rotatable bonds is 4. The van der Waals surface area contributed by atoms with E-state index in [1.807, 2.05) is 12.4 Å². The molecule has 0 atom stereocenters.